The van der Waals surface area contributed by atoms with E-state index in [2.05, 4.69) is 0 Å². The maximum atomic E-state index is 13.1. The Morgan fingerprint density at radius 2 is 2.00 bits per heavy atom. The fourth-order valence-corrected chi connectivity index (χ4v) is 1.59. The van der Waals surface area contributed by atoms with E-state index < -0.39 is 27.0 Å². The SMILES string of the molecule is CC(C)S(=O)(=O)NC(=O)c1ccc(N)c(F)c1. The van der Waals surface area contributed by atoms with Crippen LogP contribution in [0.3, 0.4) is 0 Å². The lowest BCUT2D eigenvalue weighted by Crippen LogP contribution is -2.35. The highest BCUT2D eigenvalue weighted by atomic mass is 32.2. The normalized spacial score (nSPS) is 11.5. The maximum Gasteiger partial charge on any atom is 0.264 e. The van der Waals surface area contributed by atoms with Crippen molar-refractivity contribution in [1.29, 1.82) is 0 Å². The van der Waals surface area contributed by atoms with Crippen molar-refractivity contribution in [1.82, 2.24) is 4.72 Å². The summed E-state index contributed by atoms with van der Waals surface area (Å²) in [4.78, 5) is 11.5. The Kier molecular flexibility index (Phi) is 3.72. The minimum absolute atomic E-state index is 0.0964. The smallest absolute Gasteiger partial charge is 0.264 e. The molecule has 0 atom stereocenters. The van der Waals surface area contributed by atoms with E-state index in [0.717, 1.165) is 6.07 Å². The van der Waals surface area contributed by atoms with Gasteiger partial charge in [-0.25, -0.2) is 17.5 Å². The Morgan fingerprint density at radius 1 is 1.41 bits per heavy atom. The van der Waals surface area contributed by atoms with Gasteiger partial charge in [0.2, 0.25) is 10.0 Å². The molecule has 0 spiro atoms. The predicted molar refractivity (Wildman–Crippen MR) is 62.3 cm³/mol. The molecule has 17 heavy (non-hydrogen) atoms. The number of hydrogen-bond acceptors (Lipinski definition) is 4. The van der Waals surface area contributed by atoms with E-state index in [1.54, 1.807) is 0 Å². The van der Waals surface area contributed by atoms with E-state index in [-0.39, 0.29) is 11.3 Å². The molecule has 0 saturated heterocycles. The molecule has 1 amide bonds. The van der Waals surface area contributed by atoms with Crippen LogP contribution >= 0.6 is 0 Å². The van der Waals surface area contributed by atoms with Gasteiger partial charge < -0.3 is 5.73 Å². The number of nitrogens with one attached hydrogen (secondary N) is 1. The molecule has 94 valence electrons. The van der Waals surface area contributed by atoms with Crippen LogP contribution in [0, 0.1) is 5.82 Å². The van der Waals surface area contributed by atoms with Gasteiger partial charge in [-0.2, -0.15) is 0 Å². The molecule has 7 heteroatoms. The monoisotopic (exact) mass is 260 g/mol. The zero-order valence-electron chi connectivity index (χ0n) is 9.40. The number of nitrogen functional groups attached to an aromatic ring is 1. The van der Waals surface area contributed by atoms with Crippen LogP contribution in [0.4, 0.5) is 10.1 Å². The van der Waals surface area contributed by atoms with E-state index >= 15 is 0 Å². The summed E-state index contributed by atoms with van der Waals surface area (Å²) in [5.74, 6) is -1.64. The molecule has 0 fully saturated rings. The Bertz CT molecular complexity index is 540. The zero-order chi connectivity index (χ0) is 13.2. The van der Waals surface area contributed by atoms with Crippen LogP contribution in [0.15, 0.2) is 18.2 Å². The first-order valence-corrected chi connectivity index (χ1v) is 6.39. The molecule has 0 aliphatic heterocycles. The second-order valence-corrected chi connectivity index (χ2v) is 6.00. The highest BCUT2D eigenvalue weighted by Crippen LogP contribution is 2.12. The Balaban J connectivity index is 2.95. The standard InChI is InChI=1S/C10H13FN2O3S/c1-6(2)17(15,16)13-10(14)7-3-4-9(12)8(11)5-7/h3-6H,12H2,1-2H3,(H,13,14). The molecular weight excluding hydrogens is 247 g/mol. The lowest BCUT2D eigenvalue weighted by Gasteiger charge is -2.09. The molecule has 3 N–H and O–H groups in total. The summed E-state index contributed by atoms with van der Waals surface area (Å²) in [6.45, 7) is 2.86. The van der Waals surface area contributed by atoms with Crippen molar-refractivity contribution in [2.45, 2.75) is 19.1 Å². The van der Waals surface area contributed by atoms with Crippen LogP contribution in [0.25, 0.3) is 0 Å². The van der Waals surface area contributed by atoms with Crippen LogP contribution in [-0.4, -0.2) is 19.6 Å². The second kappa shape index (κ2) is 4.70. The summed E-state index contributed by atoms with van der Waals surface area (Å²) >= 11 is 0. The van der Waals surface area contributed by atoms with Gasteiger partial charge >= 0.3 is 0 Å². The summed E-state index contributed by atoms with van der Waals surface area (Å²) in [7, 11) is -3.72. The number of rotatable bonds is 3. The number of sulfonamides is 1. The predicted octanol–water partition coefficient (Wildman–Crippen LogP) is 0.876. The van der Waals surface area contributed by atoms with Gasteiger partial charge in [0.05, 0.1) is 10.9 Å². The van der Waals surface area contributed by atoms with Crippen molar-refractivity contribution >= 4 is 21.6 Å². The van der Waals surface area contributed by atoms with Crippen molar-refractivity contribution in [2.24, 2.45) is 0 Å². The van der Waals surface area contributed by atoms with Gasteiger partial charge in [0.1, 0.15) is 5.82 Å². The first-order valence-electron chi connectivity index (χ1n) is 4.85. The Morgan fingerprint density at radius 3 is 2.47 bits per heavy atom. The van der Waals surface area contributed by atoms with Gasteiger partial charge in [0.15, 0.2) is 0 Å². The summed E-state index contributed by atoms with van der Waals surface area (Å²) < 4.78 is 37.8. The quantitative estimate of drug-likeness (QED) is 0.789. The summed E-state index contributed by atoms with van der Waals surface area (Å²) in [6.07, 6.45) is 0. The molecule has 1 rings (SSSR count). The molecule has 0 aliphatic rings. The minimum atomic E-state index is -3.72. The molecule has 1 aromatic rings. The number of benzene rings is 1. The third-order valence-electron chi connectivity index (χ3n) is 2.12. The van der Waals surface area contributed by atoms with Gasteiger partial charge in [0.25, 0.3) is 5.91 Å². The van der Waals surface area contributed by atoms with Gasteiger partial charge in [-0.3, -0.25) is 4.79 Å². The van der Waals surface area contributed by atoms with Crippen molar-refractivity contribution in [3.8, 4) is 0 Å². The molecule has 0 saturated carbocycles. The first kappa shape index (κ1) is 13.4. The highest BCUT2D eigenvalue weighted by molar-refractivity contribution is 7.90. The fourth-order valence-electron chi connectivity index (χ4n) is 0.974. The minimum Gasteiger partial charge on any atom is -0.396 e. The average molecular weight is 260 g/mol. The Labute approximate surface area is 98.9 Å². The van der Waals surface area contributed by atoms with Crippen LogP contribution < -0.4 is 10.5 Å². The third kappa shape index (κ3) is 3.16. The maximum absolute atomic E-state index is 13.1. The molecule has 5 nitrogen and oxygen atoms in total. The summed E-state index contributed by atoms with van der Waals surface area (Å²) in [6, 6.07) is 3.34. The van der Waals surface area contributed by atoms with Crippen LogP contribution in [0.1, 0.15) is 24.2 Å². The topological polar surface area (TPSA) is 89.3 Å². The first-order chi connectivity index (χ1) is 7.74. The molecular formula is C10H13FN2O3S. The zero-order valence-corrected chi connectivity index (χ0v) is 10.2. The number of amides is 1. The second-order valence-electron chi connectivity index (χ2n) is 3.76. The Hall–Kier alpha value is -1.63. The number of nitrogens with two attached hydrogens (primary N) is 1. The van der Waals surface area contributed by atoms with Gasteiger partial charge in [-0.15, -0.1) is 0 Å². The van der Waals surface area contributed by atoms with E-state index in [9.17, 15) is 17.6 Å². The molecule has 1 aromatic carbocycles. The van der Waals surface area contributed by atoms with E-state index in [1.165, 1.54) is 26.0 Å². The third-order valence-corrected chi connectivity index (χ3v) is 3.83. The summed E-state index contributed by atoms with van der Waals surface area (Å²) in [5.41, 5.74) is 5.04. The number of hydrogen-bond donors (Lipinski definition) is 2. The van der Waals surface area contributed by atoms with Crippen molar-refractivity contribution < 1.29 is 17.6 Å². The lowest BCUT2D eigenvalue weighted by atomic mass is 10.2. The fraction of sp³-hybridized carbons (Fsp3) is 0.300. The molecule has 0 aromatic heterocycles. The van der Waals surface area contributed by atoms with Gasteiger partial charge in [0, 0.05) is 5.56 Å². The van der Waals surface area contributed by atoms with E-state index in [4.69, 9.17) is 5.73 Å². The van der Waals surface area contributed by atoms with E-state index in [1.807, 2.05) is 4.72 Å². The van der Waals surface area contributed by atoms with Crippen LogP contribution in [-0.2, 0) is 10.0 Å². The number of halogens is 1. The largest absolute Gasteiger partial charge is 0.396 e. The molecule has 0 aliphatic carbocycles. The van der Waals surface area contributed by atoms with Gasteiger partial charge in [-0.1, -0.05) is 0 Å². The van der Waals surface area contributed by atoms with Crippen LogP contribution in [0.5, 0.6) is 0 Å². The van der Waals surface area contributed by atoms with Crippen molar-refractivity contribution in [3.63, 3.8) is 0 Å². The molecule has 0 radical (unpaired) electrons. The molecule has 0 bridgehead atoms. The molecule has 0 unspecified atom stereocenters. The van der Waals surface area contributed by atoms with Gasteiger partial charge in [-0.05, 0) is 32.0 Å². The summed E-state index contributed by atoms with van der Waals surface area (Å²) in [5, 5.41) is -0.745. The molecule has 0 heterocycles. The highest BCUT2D eigenvalue weighted by Gasteiger charge is 2.20. The lowest BCUT2D eigenvalue weighted by molar-refractivity contribution is 0.0980. The average Bonchev–Trinajstić information content (AvgIpc) is 2.21. The number of anilines is 1. The van der Waals surface area contributed by atoms with Crippen molar-refractivity contribution in [3.05, 3.63) is 29.6 Å². The number of carbonyl (C=O) groups is 1. The van der Waals surface area contributed by atoms with Crippen LogP contribution in [0.2, 0.25) is 0 Å². The van der Waals surface area contributed by atoms with E-state index in [0.29, 0.717) is 0 Å². The van der Waals surface area contributed by atoms with Crippen molar-refractivity contribution in [2.75, 3.05) is 5.73 Å². The number of carbonyl (C=O) groups excluding carboxylic acids is 1.